The standard InChI is InChI=1S/C14H17ClN2O4/c15-11-7-10(13(19)20)1-2-12(11)16-14(21)17-5-3-9(8-17)4-6-18/h1-2,7,9,18H,3-6,8H2,(H,16,21)(H,19,20). The van der Waals surface area contributed by atoms with E-state index in [1.165, 1.54) is 18.2 Å². The van der Waals surface area contributed by atoms with Crippen LogP contribution in [0.1, 0.15) is 23.2 Å². The zero-order valence-electron chi connectivity index (χ0n) is 11.4. The molecule has 1 aromatic rings. The van der Waals surface area contributed by atoms with E-state index in [1.54, 1.807) is 4.90 Å². The second kappa shape index (κ2) is 6.78. The van der Waals surface area contributed by atoms with Gasteiger partial charge in [-0.3, -0.25) is 0 Å². The van der Waals surface area contributed by atoms with Crippen LogP contribution in [-0.2, 0) is 0 Å². The zero-order chi connectivity index (χ0) is 15.4. The van der Waals surface area contributed by atoms with Crippen molar-refractivity contribution in [2.75, 3.05) is 25.0 Å². The number of aliphatic hydroxyl groups excluding tert-OH is 1. The van der Waals surface area contributed by atoms with Crippen LogP contribution in [0, 0.1) is 5.92 Å². The number of carboxylic acids is 1. The molecular formula is C14H17ClN2O4. The molecule has 1 aromatic carbocycles. The minimum atomic E-state index is -1.07. The van der Waals surface area contributed by atoms with Gasteiger partial charge < -0.3 is 20.4 Å². The number of amides is 2. The Balaban J connectivity index is 1.99. The molecule has 6 nitrogen and oxygen atoms in total. The van der Waals surface area contributed by atoms with Crippen molar-refractivity contribution in [1.29, 1.82) is 0 Å². The van der Waals surface area contributed by atoms with Crippen molar-refractivity contribution < 1.29 is 19.8 Å². The molecule has 0 aliphatic carbocycles. The number of aromatic carboxylic acids is 1. The van der Waals surface area contributed by atoms with Crippen molar-refractivity contribution in [2.24, 2.45) is 5.92 Å². The average molecular weight is 313 g/mol. The summed E-state index contributed by atoms with van der Waals surface area (Å²) in [5, 5.41) is 20.6. The van der Waals surface area contributed by atoms with Gasteiger partial charge in [-0.05, 0) is 37.0 Å². The minimum absolute atomic E-state index is 0.0715. The lowest BCUT2D eigenvalue weighted by Gasteiger charge is -2.18. The number of rotatable bonds is 4. The van der Waals surface area contributed by atoms with Crippen LogP contribution in [-0.4, -0.2) is 46.8 Å². The predicted octanol–water partition coefficient (Wildman–Crippen LogP) is 2.27. The number of carboxylic acid groups (broad SMARTS) is 1. The van der Waals surface area contributed by atoms with Crippen LogP contribution in [0.5, 0.6) is 0 Å². The lowest BCUT2D eigenvalue weighted by molar-refractivity contribution is 0.0697. The van der Waals surface area contributed by atoms with Crippen molar-refractivity contribution >= 4 is 29.3 Å². The van der Waals surface area contributed by atoms with Gasteiger partial charge in [0, 0.05) is 19.7 Å². The maximum Gasteiger partial charge on any atom is 0.335 e. The van der Waals surface area contributed by atoms with E-state index in [1.807, 2.05) is 0 Å². The Morgan fingerprint density at radius 3 is 2.81 bits per heavy atom. The molecule has 0 radical (unpaired) electrons. The quantitative estimate of drug-likeness (QED) is 0.795. The van der Waals surface area contributed by atoms with Crippen LogP contribution in [0.2, 0.25) is 5.02 Å². The van der Waals surface area contributed by atoms with Crippen LogP contribution in [0.3, 0.4) is 0 Å². The van der Waals surface area contributed by atoms with Crippen molar-refractivity contribution in [1.82, 2.24) is 4.90 Å². The number of carbonyl (C=O) groups excluding carboxylic acids is 1. The SMILES string of the molecule is O=C(O)c1ccc(NC(=O)N2CCC(CCO)C2)c(Cl)c1. The maximum absolute atomic E-state index is 12.1. The van der Waals surface area contributed by atoms with Crippen LogP contribution >= 0.6 is 11.6 Å². The van der Waals surface area contributed by atoms with Crippen LogP contribution in [0.4, 0.5) is 10.5 Å². The van der Waals surface area contributed by atoms with Crippen LogP contribution < -0.4 is 5.32 Å². The van der Waals surface area contributed by atoms with Gasteiger partial charge in [0.05, 0.1) is 16.3 Å². The van der Waals surface area contributed by atoms with Crippen molar-refractivity contribution in [3.63, 3.8) is 0 Å². The van der Waals surface area contributed by atoms with Gasteiger partial charge in [0.15, 0.2) is 0 Å². The normalized spacial score (nSPS) is 17.8. The van der Waals surface area contributed by atoms with Gasteiger partial charge in [-0.15, -0.1) is 0 Å². The third-order valence-corrected chi connectivity index (χ3v) is 3.88. The molecule has 1 heterocycles. The molecule has 1 aliphatic rings. The van der Waals surface area contributed by atoms with E-state index in [0.29, 0.717) is 31.1 Å². The monoisotopic (exact) mass is 312 g/mol. The number of nitrogens with one attached hydrogen (secondary N) is 1. The summed E-state index contributed by atoms with van der Waals surface area (Å²) in [6.45, 7) is 1.38. The number of aliphatic hydroxyl groups is 1. The second-order valence-corrected chi connectivity index (χ2v) is 5.45. The Hall–Kier alpha value is -1.79. The molecular weight excluding hydrogens is 296 g/mol. The summed E-state index contributed by atoms with van der Waals surface area (Å²) in [5.41, 5.74) is 0.458. The summed E-state index contributed by atoms with van der Waals surface area (Å²) in [5.74, 6) is -0.744. The first kappa shape index (κ1) is 15.6. The Labute approximate surface area is 127 Å². The van der Waals surface area contributed by atoms with Gasteiger partial charge in [0.2, 0.25) is 0 Å². The number of hydrogen-bond acceptors (Lipinski definition) is 3. The first-order chi connectivity index (χ1) is 10.0. The first-order valence-corrected chi connectivity index (χ1v) is 7.08. The number of hydrogen-bond donors (Lipinski definition) is 3. The molecule has 1 atom stereocenters. The highest BCUT2D eigenvalue weighted by molar-refractivity contribution is 6.34. The molecule has 21 heavy (non-hydrogen) atoms. The molecule has 0 spiro atoms. The molecule has 1 aliphatic heterocycles. The molecule has 0 bridgehead atoms. The zero-order valence-corrected chi connectivity index (χ0v) is 12.1. The smallest absolute Gasteiger partial charge is 0.335 e. The average Bonchev–Trinajstić information content (AvgIpc) is 2.90. The summed E-state index contributed by atoms with van der Waals surface area (Å²) in [7, 11) is 0. The fourth-order valence-corrected chi connectivity index (χ4v) is 2.61. The third kappa shape index (κ3) is 3.86. The lowest BCUT2D eigenvalue weighted by atomic mass is 10.1. The molecule has 2 rings (SSSR count). The molecule has 3 N–H and O–H groups in total. The van der Waals surface area contributed by atoms with E-state index >= 15 is 0 Å². The van der Waals surface area contributed by atoms with Gasteiger partial charge in [-0.1, -0.05) is 11.6 Å². The molecule has 7 heteroatoms. The van der Waals surface area contributed by atoms with Gasteiger partial charge in [0.25, 0.3) is 0 Å². The van der Waals surface area contributed by atoms with Crippen LogP contribution in [0.15, 0.2) is 18.2 Å². The van der Waals surface area contributed by atoms with Gasteiger partial charge >= 0.3 is 12.0 Å². The summed E-state index contributed by atoms with van der Waals surface area (Å²) in [6, 6.07) is 3.91. The molecule has 114 valence electrons. The highest BCUT2D eigenvalue weighted by atomic mass is 35.5. The van der Waals surface area contributed by atoms with E-state index in [9.17, 15) is 9.59 Å². The number of nitrogens with zero attached hydrogens (tertiary/aromatic N) is 1. The topological polar surface area (TPSA) is 89.9 Å². The van der Waals surface area contributed by atoms with E-state index < -0.39 is 5.97 Å². The number of likely N-dealkylation sites (tertiary alicyclic amines) is 1. The third-order valence-electron chi connectivity index (χ3n) is 3.57. The number of halogens is 1. The first-order valence-electron chi connectivity index (χ1n) is 6.71. The fraction of sp³-hybridized carbons (Fsp3) is 0.429. The predicted molar refractivity (Wildman–Crippen MR) is 78.8 cm³/mol. The summed E-state index contributed by atoms with van der Waals surface area (Å²) >= 11 is 5.97. The summed E-state index contributed by atoms with van der Waals surface area (Å²) < 4.78 is 0. The highest BCUT2D eigenvalue weighted by Gasteiger charge is 2.26. The van der Waals surface area contributed by atoms with E-state index in [2.05, 4.69) is 5.32 Å². The van der Waals surface area contributed by atoms with E-state index in [-0.39, 0.29) is 23.2 Å². The molecule has 0 aromatic heterocycles. The maximum atomic E-state index is 12.1. The van der Waals surface area contributed by atoms with Crippen molar-refractivity contribution in [3.05, 3.63) is 28.8 Å². The largest absolute Gasteiger partial charge is 0.478 e. The Kier molecular flexibility index (Phi) is 5.03. The fourth-order valence-electron chi connectivity index (χ4n) is 2.38. The number of benzene rings is 1. The Bertz CT molecular complexity index is 550. The van der Waals surface area contributed by atoms with Gasteiger partial charge in [0.1, 0.15) is 0 Å². The minimum Gasteiger partial charge on any atom is -0.478 e. The Morgan fingerprint density at radius 2 is 2.19 bits per heavy atom. The van der Waals surface area contributed by atoms with E-state index in [0.717, 1.165) is 6.42 Å². The summed E-state index contributed by atoms with van der Waals surface area (Å²) in [4.78, 5) is 24.6. The molecule has 1 unspecified atom stereocenters. The van der Waals surface area contributed by atoms with Gasteiger partial charge in [-0.25, -0.2) is 9.59 Å². The summed E-state index contributed by atoms with van der Waals surface area (Å²) in [6.07, 6.45) is 1.57. The van der Waals surface area contributed by atoms with Crippen molar-refractivity contribution in [2.45, 2.75) is 12.8 Å². The number of carbonyl (C=O) groups is 2. The van der Waals surface area contributed by atoms with Crippen LogP contribution in [0.25, 0.3) is 0 Å². The number of urea groups is 1. The highest BCUT2D eigenvalue weighted by Crippen LogP contribution is 2.25. The molecule has 1 saturated heterocycles. The lowest BCUT2D eigenvalue weighted by Crippen LogP contribution is -2.33. The second-order valence-electron chi connectivity index (χ2n) is 5.04. The number of anilines is 1. The van der Waals surface area contributed by atoms with Crippen molar-refractivity contribution in [3.8, 4) is 0 Å². The molecule has 2 amide bonds. The molecule has 1 fully saturated rings. The molecule has 0 saturated carbocycles. The van der Waals surface area contributed by atoms with Gasteiger partial charge in [-0.2, -0.15) is 0 Å². The Morgan fingerprint density at radius 1 is 1.43 bits per heavy atom. The van der Waals surface area contributed by atoms with E-state index in [4.69, 9.17) is 21.8 Å².